The highest BCUT2D eigenvalue weighted by molar-refractivity contribution is 5.83. The molecule has 0 spiro atoms. The molecule has 2 aromatic heterocycles. The van der Waals surface area contributed by atoms with E-state index in [1.54, 1.807) is 0 Å². The average Bonchev–Trinajstić information content (AvgIpc) is 2.63. The third-order valence-corrected chi connectivity index (χ3v) is 3.22. The molecule has 0 aliphatic heterocycles. The summed E-state index contributed by atoms with van der Waals surface area (Å²) in [6.45, 7) is 8.36. The van der Waals surface area contributed by atoms with Crippen molar-refractivity contribution in [2.24, 2.45) is 0 Å². The number of allylic oxidation sites excluding steroid dienone is 2. The number of fused-ring (bicyclic) bond motifs is 3. The molecule has 0 unspecified atom stereocenters. The first-order valence-corrected chi connectivity index (χ1v) is 7.11. The van der Waals surface area contributed by atoms with Crippen molar-refractivity contribution in [2.45, 2.75) is 40.0 Å². The molecule has 1 aliphatic rings. The largest absolute Gasteiger partial charge is 0.353 e. The molecule has 2 aromatic rings. The van der Waals surface area contributed by atoms with Crippen molar-refractivity contribution in [1.82, 2.24) is 9.97 Å². The lowest BCUT2D eigenvalue weighted by Crippen LogP contribution is -2.21. The molecular formula is C17H24N2. The summed E-state index contributed by atoms with van der Waals surface area (Å²) >= 11 is 0. The van der Waals surface area contributed by atoms with E-state index in [0.717, 1.165) is 12.1 Å². The molecule has 2 nitrogen and oxygen atoms in total. The summed E-state index contributed by atoms with van der Waals surface area (Å²) in [5, 5.41) is 3.80. The van der Waals surface area contributed by atoms with Crippen LogP contribution in [0.25, 0.3) is 23.1 Å². The molecule has 2 heterocycles. The zero-order valence-corrected chi connectivity index (χ0v) is 12.2. The van der Waals surface area contributed by atoms with E-state index in [9.17, 15) is 0 Å². The van der Waals surface area contributed by atoms with Gasteiger partial charge >= 0.3 is 0 Å². The number of aromatic nitrogens is 2. The van der Waals surface area contributed by atoms with Crippen LogP contribution in [0.15, 0.2) is 24.4 Å². The Morgan fingerprint density at radius 1 is 1.32 bits per heavy atom. The summed E-state index contributed by atoms with van der Waals surface area (Å²) in [5.74, 6) is 0.441. The smallest absolute Gasteiger partial charge is 0.0686 e. The summed E-state index contributed by atoms with van der Waals surface area (Å²) in [6.07, 6.45) is 11.6. The molecule has 0 atom stereocenters. The van der Waals surface area contributed by atoms with Crippen molar-refractivity contribution < 1.29 is 1.43 Å². The van der Waals surface area contributed by atoms with Gasteiger partial charge < -0.3 is 4.98 Å². The van der Waals surface area contributed by atoms with Gasteiger partial charge in [0.1, 0.15) is 0 Å². The second-order valence-corrected chi connectivity index (χ2v) is 4.76. The molecule has 102 valence electrons. The Balaban J connectivity index is 0.000000639. The maximum absolute atomic E-state index is 4.50. The molecule has 0 bridgehead atoms. The molecule has 1 aliphatic carbocycles. The van der Waals surface area contributed by atoms with Crippen molar-refractivity contribution in [3.05, 3.63) is 40.7 Å². The topological polar surface area (TPSA) is 28.7 Å². The maximum atomic E-state index is 4.50. The minimum Gasteiger partial charge on any atom is -0.353 e. The highest BCUT2D eigenvalue weighted by Gasteiger charge is 2.09. The Kier molecular flexibility index (Phi) is 4.20. The fraction of sp³-hybridized carbons (Fsp3) is 0.353. The van der Waals surface area contributed by atoms with Gasteiger partial charge in [0.25, 0.3) is 0 Å². The maximum Gasteiger partial charge on any atom is 0.0686 e. The van der Waals surface area contributed by atoms with Crippen LogP contribution in [0, 0.1) is 0 Å². The molecule has 0 saturated carbocycles. The fourth-order valence-corrected chi connectivity index (χ4v) is 2.40. The van der Waals surface area contributed by atoms with E-state index in [2.05, 4.69) is 54.2 Å². The standard InChI is InChI=1S/C15H16N2.C2H6.H2/c1-10(2)14-15-12(8-9-16-14)11-6-4-3-5-7-13(11)17-15;1-2;/h3,5-10,17H,4H2,1-2H3;1-2H3;1H. The van der Waals surface area contributed by atoms with Crippen molar-refractivity contribution in [2.75, 3.05) is 0 Å². The number of nitrogens with zero attached hydrogens (tertiary/aromatic N) is 1. The third-order valence-electron chi connectivity index (χ3n) is 3.22. The number of pyridine rings is 1. The van der Waals surface area contributed by atoms with E-state index >= 15 is 0 Å². The van der Waals surface area contributed by atoms with Crippen LogP contribution in [-0.2, 0) is 0 Å². The SMILES string of the molecule is CC.CC(C)c1nccc2c3c([nH]c12)=CC=CCC=3.[HH]. The van der Waals surface area contributed by atoms with Crippen molar-refractivity contribution >= 4 is 23.1 Å². The first-order valence-electron chi connectivity index (χ1n) is 7.11. The van der Waals surface area contributed by atoms with Gasteiger partial charge in [-0.1, -0.05) is 45.9 Å². The number of hydrogen-bond acceptors (Lipinski definition) is 1. The average molecular weight is 256 g/mol. The Labute approximate surface area is 116 Å². The molecule has 0 saturated heterocycles. The second kappa shape index (κ2) is 5.87. The molecule has 3 rings (SSSR count). The Bertz CT molecular complexity index is 708. The summed E-state index contributed by atoms with van der Waals surface area (Å²) in [6, 6.07) is 2.10. The molecule has 0 fully saturated rings. The Hall–Kier alpha value is -1.83. The minimum atomic E-state index is 0. The van der Waals surface area contributed by atoms with E-state index in [1.807, 2.05) is 20.0 Å². The minimum absolute atomic E-state index is 0. The molecule has 2 heteroatoms. The molecule has 0 amide bonds. The van der Waals surface area contributed by atoms with Crippen LogP contribution < -0.4 is 10.6 Å². The van der Waals surface area contributed by atoms with Crippen LogP contribution >= 0.6 is 0 Å². The quantitative estimate of drug-likeness (QED) is 0.831. The van der Waals surface area contributed by atoms with Crippen molar-refractivity contribution in [3.8, 4) is 0 Å². The van der Waals surface area contributed by atoms with E-state index < -0.39 is 0 Å². The molecular weight excluding hydrogens is 232 g/mol. The van der Waals surface area contributed by atoms with Gasteiger partial charge in [0.15, 0.2) is 0 Å². The number of H-pyrrole nitrogens is 1. The zero-order valence-electron chi connectivity index (χ0n) is 12.2. The third kappa shape index (κ3) is 2.48. The molecule has 0 radical (unpaired) electrons. The van der Waals surface area contributed by atoms with Gasteiger partial charge in [-0.3, -0.25) is 4.98 Å². The first-order chi connectivity index (χ1) is 9.27. The lowest BCUT2D eigenvalue weighted by molar-refractivity contribution is 0.831. The van der Waals surface area contributed by atoms with Gasteiger partial charge in [-0.2, -0.15) is 0 Å². The van der Waals surface area contributed by atoms with Crippen LogP contribution in [0.3, 0.4) is 0 Å². The Morgan fingerprint density at radius 3 is 2.84 bits per heavy atom. The monoisotopic (exact) mass is 256 g/mol. The van der Waals surface area contributed by atoms with Gasteiger partial charge in [0.2, 0.25) is 0 Å². The van der Waals surface area contributed by atoms with E-state index in [1.165, 1.54) is 21.5 Å². The lowest BCUT2D eigenvalue weighted by atomic mass is 10.1. The zero-order chi connectivity index (χ0) is 13.8. The Morgan fingerprint density at radius 2 is 2.11 bits per heavy atom. The summed E-state index contributed by atoms with van der Waals surface area (Å²) in [5.41, 5.74) is 2.34. The number of nitrogens with one attached hydrogen (secondary N) is 1. The first kappa shape index (κ1) is 13.6. The van der Waals surface area contributed by atoms with Gasteiger partial charge in [-0.15, -0.1) is 0 Å². The van der Waals surface area contributed by atoms with Crippen LogP contribution in [0.4, 0.5) is 0 Å². The highest BCUT2D eigenvalue weighted by Crippen LogP contribution is 2.18. The number of rotatable bonds is 1. The van der Waals surface area contributed by atoms with Crippen molar-refractivity contribution in [3.63, 3.8) is 0 Å². The van der Waals surface area contributed by atoms with Crippen LogP contribution in [0.2, 0.25) is 0 Å². The van der Waals surface area contributed by atoms with Gasteiger partial charge in [-0.25, -0.2) is 0 Å². The van der Waals surface area contributed by atoms with Crippen LogP contribution in [0.5, 0.6) is 0 Å². The van der Waals surface area contributed by atoms with Crippen LogP contribution in [0.1, 0.15) is 47.2 Å². The second-order valence-electron chi connectivity index (χ2n) is 4.76. The summed E-state index contributed by atoms with van der Waals surface area (Å²) < 4.78 is 0. The lowest BCUT2D eigenvalue weighted by Gasteiger charge is -2.04. The fourth-order valence-electron chi connectivity index (χ4n) is 2.40. The van der Waals surface area contributed by atoms with E-state index in [0.29, 0.717) is 5.92 Å². The molecule has 19 heavy (non-hydrogen) atoms. The number of aromatic amines is 1. The normalized spacial score (nSPS) is 13.1. The van der Waals surface area contributed by atoms with E-state index in [-0.39, 0.29) is 1.43 Å². The van der Waals surface area contributed by atoms with Gasteiger partial charge in [0.05, 0.1) is 11.2 Å². The van der Waals surface area contributed by atoms with Gasteiger partial charge in [-0.05, 0) is 24.5 Å². The van der Waals surface area contributed by atoms with Gasteiger partial charge in [0, 0.05) is 23.6 Å². The predicted octanol–water partition coefficient (Wildman–Crippen LogP) is 3.48. The summed E-state index contributed by atoms with van der Waals surface area (Å²) in [4.78, 5) is 8.00. The van der Waals surface area contributed by atoms with Crippen LogP contribution in [-0.4, -0.2) is 9.97 Å². The molecule has 1 N–H and O–H groups in total. The van der Waals surface area contributed by atoms with E-state index in [4.69, 9.17) is 0 Å². The molecule has 0 aromatic carbocycles. The number of hydrogen-bond donors (Lipinski definition) is 1. The predicted molar refractivity (Wildman–Crippen MR) is 85.6 cm³/mol. The highest BCUT2D eigenvalue weighted by atomic mass is 14.8. The summed E-state index contributed by atoms with van der Waals surface area (Å²) in [7, 11) is 0. The van der Waals surface area contributed by atoms with Crippen molar-refractivity contribution in [1.29, 1.82) is 0 Å².